The van der Waals surface area contributed by atoms with Gasteiger partial charge in [0.15, 0.2) is 11.5 Å². The zero-order chi connectivity index (χ0) is 19.8. The van der Waals surface area contributed by atoms with Gasteiger partial charge in [-0.05, 0) is 33.3 Å². The summed E-state index contributed by atoms with van der Waals surface area (Å²) in [6.45, 7) is 7.80. The Morgan fingerprint density at radius 3 is 2.75 bits per heavy atom. The summed E-state index contributed by atoms with van der Waals surface area (Å²) in [5, 5.41) is 3.54. The van der Waals surface area contributed by atoms with Gasteiger partial charge in [-0.1, -0.05) is 11.6 Å². The van der Waals surface area contributed by atoms with Crippen LogP contribution >= 0.6 is 11.6 Å². The fourth-order valence-electron chi connectivity index (χ4n) is 3.52. The third-order valence-corrected chi connectivity index (χ3v) is 5.52. The van der Waals surface area contributed by atoms with Gasteiger partial charge in [0, 0.05) is 37.7 Å². The molecule has 8 heteroatoms. The lowest BCUT2D eigenvalue weighted by atomic mass is 10.1. The van der Waals surface area contributed by atoms with Crippen molar-refractivity contribution in [1.29, 1.82) is 0 Å². The van der Waals surface area contributed by atoms with Crippen molar-refractivity contribution < 1.29 is 18.7 Å². The number of carbonyl (C=O) groups is 1. The maximum Gasteiger partial charge on any atom is 0.231 e. The van der Waals surface area contributed by atoms with Crippen molar-refractivity contribution in [2.24, 2.45) is 0 Å². The zero-order valence-corrected chi connectivity index (χ0v) is 17.0. The highest BCUT2D eigenvalue weighted by molar-refractivity contribution is 6.33. The summed E-state index contributed by atoms with van der Waals surface area (Å²) in [5.74, 6) is 2.61. The van der Waals surface area contributed by atoms with Crippen LogP contribution in [0.5, 0.6) is 11.5 Å². The molecule has 0 saturated carbocycles. The number of oxazole rings is 1. The van der Waals surface area contributed by atoms with Crippen molar-refractivity contribution in [2.45, 2.75) is 52.2 Å². The number of benzene rings is 1. The van der Waals surface area contributed by atoms with Crippen LogP contribution in [-0.2, 0) is 11.3 Å². The Labute approximate surface area is 169 Å². The number of amides is 1. The fourth-order valence-corrected chi connectivity index (χ4v) is 3.75. The molecule has 4 rings (SSSR count). The van der Waals surface area contributed by atoms with E-state index in [1.54, 1.807) is 12.1 Å². The van der Waals surface area contributed by atoms with E-state index in [0.29, 0.717) is 47.0 Å². The second kappa shape index (κ2) is 7.64. The zero-order valence-electron chi connectivity index (χ0n) is 16.3. The highest BCUT2D eigenvalue weighted by Gasteiger charge is 2.26. The van der Waals surface area contributed by atoms with Crippen molar-refractivity contribution in [3.8, 4) is 23.0 Å². The number of aromatic nitrogens is 1. The number of ether oxygens (including phenoxy) is 2. The minimum atomic E-state index is 0.131. The Bertz CT molecular complexity index is 896. The number of nitrogens with one attached hydrogen (secondary N) is 1. The van der Waals surface area contributed by atoms with Crippen LogP contribution in [0.2, 0.25) is 5.02 Å². The lowest BCUT2D eigenvalue weighted by Crippen LogP contribution is -2.41. The first-order chi connectivity index (χ1) is 13.4. The van der Waals surface area contributed by atoms with Crippen LogP contribution in [0.4, 0.5) is 0 Å². The third-order valence-electron chi connectivity index (χ3n) is 5.21. The van der Waals surface area contributed by atoms with Gasteiger partial charge >= 0.3 is 0 Å². The van der Waals surface area contributed by atoms with Crippen LogP contribution in [0.3, 0.4) is 0 Å². The Kier molecular flexibility index (Phi) is 5.21. The predicted molar refractivity (Wildman–Crippen MR) is 105 cm³/mol. The molecule has 28 heavy (non-hydrogen) atoms. The van der Waals surface area contributed by atoms with E-state index in [1.165, 1.54) is 0 Å². The number of carbonyl (C=O) groups excluding carboxylic acids is 1. The van der Waals surface area contributed by atoms with Crippen molar-refractivity contribution in [3.05, 3.63) is 28.6 Å². The van der Waals surface area contributed by atoms with E-state index in [9.17, 15) is 4.79 Å². The van der Waals surface area contributed by atoms with Crippen LogP contribution in [0, 0.1) is 6.92 Å². The van der Waals surface area contributed by atoms with Gasteiger partial charge < -0.3 is 19.2 Å². The normalized spacial score (nSPS) is 18.4. The lowest BCUT2D eigenvalue weighted by Gasteiger charge is -2.28. The molecular weight excluding hydrogens is 382 g/mol. The molecule has 0 aliphatic carbocycles. The first-order valence-corrected chi connectivity index (χ1v) is 9.87. The third kappa shape index (κ3) is 3.82. The van der Waals surface area contributed by atoms with E-state index in [-0.39, 0.29) is 18.7 Å². The van der Waals surface area contributed by atoms with E-state index in [1.807, 2.05) is 6.92 Å². The minimum Gasteiger partial charge on any atom is -0.454 e. The Balaban J connectivity index is 1.54. The molecular formula is C20H24ClN3O4. The number of hydrogen-bond donors (Lipinski definition) is 1. The molecule has 1 fully saturated rings. The van der Waals surface area contributed by atoms with E-state index in [0.717, 1.165) is 24.4 Å². The molecule has 2 aliphatic rings. The summed E-state index contributed by atoms with van der Waals surface area (Å²) < 4.78 is 16.7. The van der Waals surface area contributed by atoms with Crippen LogP contribution in [-0.4, -0.2) is 41.2 Å². The molecule has 0 bridgehead atoms. The van der Waals surface area contributed by atoms with Gasteiger partial charge in [-0.2, -0.15) is 0 Å². The van der Waals surface area contributed by atoms with Crippen LogP contribution < -0.4 is 14.8 Å². The molecule has 1 atom stereocenters. The minimum absolute atomic E-state index is 0.131. The number of aryl methyl sites for hydroxylation is 1. The predicted octanol–water partition coefficient (Wildman–Crippen LogP) is 3.52. The summed E-state index contributed by atoms with van der Waals surface area (Å²) in [6, 6.07) is 4.02. The molecule has 1 amide bonds. The van der Waals surface area contributed by atoms with Crippen LogP contribution in [0.1, 0.15) is 38.1 Å². The standard InChI is InChI=1S/C20H24ClN3O4/c1-11(2)24(8-13-4-5-19(25)22-13)9-16-12(3)28-20(23-16)14-6-17-18(7-15(14)21)27-10-26-17/h6-7,11,13H,4-5,8-10H2,1-3H3,(H,22,25)/t13-/m1/s1. The molecule has 2 aliphatic heterocycles. The Hall–Kier alpha value is -2.25. The monoisotopic (exact) mass is 405 g/mol. The first kappa shape index (κ1) is 19.1. The smallest absolute Gasteiger partial charge is 0.231 e. The highest BCUT2D eigenvalue weighted by atomic mass is 35.5. The van der Waals surface area contributed by atoms with Crippen molar-refractivity contribution in [1.82, 2.24) is 15.2 Å². The van der Waals surface area contributed by atoms with E-state index < -0.39 is 0 Å². The number of hydrogen-bond acceptors (Lipinski definition) is 6. The van der Waals surface area contributed by atoms with Gasteiger partial charge in [0.2, 0.25) is 18.6 Å². The molecule has 0 unspecified atom stereocenters. The van der Waals surface area contributed by atoms with Crippen LogP contribution in [0.15, 0.2) is 16.5 Å². The molecule has 1 aromatic carbocycles. The number of halogens is 1. The maximum atomic E-state index is 11.5. The average molecular weight is 406 g/mol. The van der Waals surface area contributed by atoms with Crippen molar-refractivity contribution in [2.75, 3.05) is 13.3 Å². The molecule has 0 radical (unpaired) electrons. The number of rotatable bonds is 6. The summed E-state index contributed by atoms with van der Waals surface area (Å²) in [5.41, 5.74) is 1.54. The van der Waals surface area contributed by atoms with E-state index in [4.69, 9.17) is 30.5 Å². The van der Waals surface area contributed by atoms with E-state index >= 15 is 0 Å². The van der Waals surface area contributed by atoms with Crippen molar-refractivity contribution in [3.63, 3.8) is 0 Å². The fraction of sp³-hybridized carbons (Fsp3) is 0.500. The quantitative estimate of drug-likeness (QED) is 0.792. The largest absolute Gasteiger partial charge is 0.454 e. The first-order valence-electron chi connectivity index (χ1n) is 9.50. The van der Waals surface area contributed by atoms with Gasteiger partial charge in [-0.3, -0.25) is 9.69 Å². The lowest BCUT2D eigenvalue weighted by molar-refractivity contribution is -0.119. The topological polar surface area (TPSA) is 76.8 Å². The summed E-state index contributed by atoms with van der Waals surface area (Å²) in [6.07, 6.45) is 1.48. The molecule has 1 saturated heterocycles. The maximum absolute atomic E-state index is 11.5. The molecule has 1 aromatic heterocycles. The summed E-state index contributed by atoms with van der Waals surface area (Å²) >= 11 is 6.40. The second-order valence-electron chi connectivity index (χ2n) is 7.53. The Morgan fingerprint density at radius 1 is 1.32 bits per heavy atom. The summed E-state index contributed by atoms with van der Waals surface area (Å²) in [7, 11) is 0. The second-order valence-corrected chi connectivity index (χ2v) is 7.94. The van der Waals surface area contributed by atoms with Crippen LogP contribution in [0.25, 0.3) is 11.5 Å². The highest BCUT2D eigenvalue weighted by Crippen LogP contribution is 2.41. The SMILES string of the molecule is Cc1oc(-c2cc3c(cc2Cl)OCO3)nc1CN(C[C@H]1CCC(=O)N1)C(C)C. The van der Waals surface area contributed by atoms with Crippen molar-refractivity contribution >= 4 is 17.5 Å². The van der Waals surface area contributed by atoms with Gasteiger partial charge in [-0.25, -0.2) is 4.98 Å². The Morgan fingerprint density at radius 2 is 2.07 bits per heavy atom. The number of fused-ring (bicyclic) bond motifs is 1. The van der Waals surface area contributed by atoms with Gasteiger partial charge in [0.25, 0.3) is 0 Å². The molecule has 7 nitrogen and oxygen atoms in total. The summed E-state index contributed by atoms with van der Waals surface area (Å²) in [4.78, 5) is 18.5. The average Bonchev–Trinajstić information content (AvgIpc) is 3.34. The molecule has 2 aromatic rings. The van der Waals surface area contributed by atoms with Gasteiger partial charge in [0.05, 0.1) is 16.3 Å². The van der Waals surface area contributed by atoms with Gasteiger partial charge in [-0.15, -0.1) is 0 Å². The molecule has 0 spiro atoms. The molecule has 1 N–H and O–H groups in total. The molecule has 3 heterocycles. The van der Waals surface area contributed by atoms with Gasteiger partial charge in [0.1, 0.15) is 5.76 Å². The van der Waals surface area contributed by atoms with E-state index in [2.05, 4.69) is 24.1 Å². The number of nitrogens with zero attached hydrogens (tertiary/aromatic N) is 2. The molecule has 150 valence electrons.